The molecule has 0 atom stereocenters. The van der Waals surface area contributed by atoms with Gasteiger partial charge in [-0.05, 0) is 36.4 Å². The first-order valence-electron chi connectivity index (χ1n) is 7.38. The fourth-order valence-corrected chi connectivity index (χ4v) is 2.97. The van der Waals surface area contributed by atoms with Gasteiger partial charge in [-0.15, -0.1) is 20.4 Å². The quantitative estimate of drug-likeness (QED) is 0.432. The first-order chi connectivity index (χ1) is 12.3. The van der Waals surface area contributed by atoms with Gasteiger partial charge in [-0.3, -0.25) is 0 Å². The zero-order valence-electron chi connectivity index (χ0n) is 12.8. The molecule has 25 heavy (non-hydrogen) atoms. The Balaban J connectivity index is 1.42. The maximum atomic E-state index is 5.66. The number of halogens is 1. The molecule has 0 aliphatic heterocycles. The normalized spacial score (nSPS) is 10.9. The van der Waals surface area contributed by atoms with Crippen molar-refractivity contribution in [1.82, 2.24) is 20.4 Å². The van der Waals surface area contributed by atoms with Crippen LogP contribution in [0.1, 0.15) is 5.89 Å². The van der Waals surface area contributed by atoms with E-state index in [4.69, 9.17) is 8.83 Å². The third-order valence-electron chi connectivity index (χ3n) is 3.30. The van der Waals surface area contributed by atoms with Crippen molar-refractivity contribution < 1.29 is 8.83 Å². The Morgan fingerprint density at radius 1 is 0.760 bits per heavy atom. The molecule has 124 valence electrons. The van der Waals surface area contributed by atoms with E-state index in [0.717, 1.165) is 15.6 Å². The van der Waals surface area contributed by atoms with Crippen LogP contribution in [0, 0.1) is 0 Å². The highest BCUT2D eigenvalue weighted by molar-refractivity contribution is 9.10. The number of benzene rings is 2. The van der Waals surface area contributed by atoms with Crippen molar-refractivity contribution >= 4 is 27.7 Å². The summed E-state index contributed by atoms with van der Waals surface area (Å²) in [4.78, 5) is 0. The van der Waals surface area contributed by atoms with Crippen molar-refractivity contribution in [3.05, 3.63) is 65.0 Å². The lowest BCUT2D eigenvalue weighted by atomic mass is 10.2. The fraction of sp³-hybridized carbons (Fsp3) is 0.0588. The highest BCUT2D eigenvalue weighted by Gasteiger charge is 2.12. The molecule has 6 nitrogen and oxygen atoms in total. The van der Waals surface area contributed by atoms with Gasteiger partial charge < -0.3 is 8.83 Å². The molecule has 4 rings (SSSR count). The van der Waals surface area contributed by atoms with Gasteiger partial charge in [0.15, 0.2) is 0 Å². The molecule has 0 aliphatic carbocycles. The summed E-state index contributed by atoms with van der Waals surface area (Å²) in [5.41, 5.74) is 1.76. The molecule has 0 N–H and O–H groups in total. The van der Waals surface area contributed by atoms with E-state index >= 15 is 0 Å². The van der Waals surface area contributed by atoms with E-state index in [0.29, 0.717) is 28.6 Å². The molecule has 8 heteroatoms. The SMILES string of the molecule is Brc1ccc(-c2nnc(SCc3nnc(-c4ccccc4)o3)o2)cc1. The van der Waals surface area contributed by atoms with Gasteiger partial charge in [-0.25, -0.2) is 0 Å². The summed E-state index contributed by atoms with van der Waals surface area (Å²) in [5, 5.41) is 16.7. The molecule has 0 aliphatic rings. The first kappa shape index (κ1) is 16.0. The van der Waals surface area contributed by atoms with Crippen molar-refractivity contribution in [2.75, 3.05) is 0 Å². The van der Waals surface area contributed by atoms with E-state index < -0.39 is 0 Å². The van der Waals surface area contributed by atoms with Gasteiger partial charge in [0.25, 0.3) is 5.22 Å². The lowest BCUT2D eigenvalue weighted by Gasteiger charge is -1.94. The number of hydrogen-bond acceptors (Lipinski definition) is 7. The Morgan fingerprint density at radius 2 is 1.44 bits per heavy atom. The van der Waals surface area contributed by atoms with Crippen LogP contribution in [0.5, 0.6) is 0 Å². The third-order valence-corrected chi connectivity index (χ3v) is 4.64. The smallest absolute Gasteiger partial charge is 0.277 e. The van der Waals surface area contributed by atoms with Crippen LogP contribution in [0.4, 0.5) is 0 Å². The third kappa shape index (κ3) is 3.80. The second kappa shape index (κ2) is 7.20. The summed E-state index contributed by atoms with van der Waals surface area (Å²) in [6.45, 7) is 0. The second-order valence-electron chi connectivity index (χ2n) is 5.04. The van der Waals surface area contributed by atoms with E-state index in [2.05, 4.69) is 36.3 Å². The predicted octanol–water partition coefficient (Wildman–Crippen LogP) is 4.84. The Kier molecular flexibility index (Phi) is 4.62. The van der Waals surface area contributed by atoms with Crippen LogP contribution in [-0.2, 0) is 5.75 Å². The Labute approximate surface area is 155 Å². The van der Waals surface area contributed by atoms with Gasteiger partial charge >= 0.3 is 0 Å². The van der Waals surface area contributed by atoms with Crippen LogP contribution in [-0.4, -0.2) is 20.4 Å². The highest BCUT2D eigenvalue weighted by atomic mass is 79.9. The van der Waals surface area contributed by atoms with Gasteiger partial charge in [-0.1, -0.05) is 45.9 Å². The number of hydrogen-bond donors (Lipinski definition) is 0. The van der Waals surface area contributed by atoms with Crippen LogP contribution in [0.3, 0.4) is 0 Å². The first-order valence-corrected chi connectivity index (χ1v) is 9.16. The van der Waals surface area contributed by atoms with E-state index in [1.165, 1.54) is 11.8 Å². The largest absolute Gasteiger partial charge is 0.420 e. The number of thioether (sulfide) groups is 1. The van der Waals surface area contributed by atoms with Crippen LogP contribution in [0.25, 0.3) is 22.9 Å². The number of nitrogens with zero attached hydrogens (tertiary/aromatic N) is 4. The monoisotopic (exact) mass is 414 g/mol. The topological polar surface area (TPSA) is 77.8 Å². The molecule has 0 radical (unpaired) electrons. The average molecular weight is 415 g/mol. The molecular weight excluding hydrogens is 404 g/mol. The molecule has 0 unspecified atom stereocenters. The van der Waals surface area contributed by atoms with Gasteiger partial charge in [0.2, 0.25) is 17.7 Å². The molecule has 2 heterocycles. The van der Waals surface area contributed by atoms with E-state index in [1.807, 2.05) is 54.6 Å². The summed E-state index contributed by atoms with van der Waals surface area (Å²) in [6.07, 6.45) is 0. The lowest BCUT2D eigenvalue weighted by molar-refractivity contribution is 0.464. The highest BCUT2D eigenvalue weighted by Crippen LogP contribution is 2.27. The Hall–Kier alpha value is -2.45. The van der Waals surface area contributed by atoms with Gasteiger partial charge in [0, 0.05) is 15.6 Å². The minimum Gasteiger partial charge on any atom is -0.420 e. The number of rotatable bonds is 5. The Bertz CT molecular complexity index is 970. The molecule has 4 aromatic rings. The second-order valence-corrected chi connectivity index (χ2v) is 6.88. The van der Waals surface area contributed by atoms with Crippen LogP contribution < -0.4 is 0 Å². The van der Waals surface area contributed by atoms with E-state index in [-0.39, 0.29) is 0 Å². The van der Waals surface area contributed by atoms with Gasteiger partial charge in [0.1, 0.15) is 0 Å². The predicted molar refractivity (Wildman–Crippen MR) is 96.7 cm³/mol. The zero-order chi connectivity index (χ0) is 17.1. The van der Waals surface area contributed by atoms with Crippen LogP contribution >= 0.6 is 27.7 Å². The summed E-state index contributed by atoms with van der Waals surface area (Å²) >= 11 is 4.75. The molecule has 0 bridgehead atoms. The lowest BCUT2D eigenvalue weighted by Crippen LogP contribution is -1.80. The fourth-order valence-electron chi connectivity index (χ4n) is 2.11. The van der Waals surface area contributed by atoms with Crippen molar-refractivity contribution in [3.8, 4) is 22.9 Å². The minimum atomic E-state index is 0.456. The minimum absolute atomic E-state index is 0.456. The molecule has 0 fully saturated rings. The maximum Gasteiger partial charge on any atom is 0.277 e. The standard InChI is InChI=1S/C17H11BrN4O2S/c18-13-8-6-12(7-9-13)16-21-22-17(24-16)25-10-14-19-20-15(23-14)11-4-2-1-3-5-11/h1-9H,10H2. The van der Waals surface area contributed by atoms with Gasteiger partial charge in [0.05, 0.1) is 5.75 Å². The molecule has 0 amide bonds. The molecule has 2 aromatic heterocycles. The van der Waals surface area contributed by atoms with Crippen LogP contribution in [0.2, 0.25) is 0 Å². The maximum absolute atomic E-state index is 5.66. The van der Waals surface area contributed by atoms with Crippen LogP contribution in [0.15, 0.2) is 73.1 Å². The molecule has 0 saturated carbocycles. The van der Waals surface area contributed by atoms with Crippen molar-refractivity contribution in [2.24, 2.45) is 0 Å². The molecule has 0 saturated heterocycles. The summed E-state index contributed by atoms with van der Waals surface area (Å²) in [6, 6.07) is 17.3. The summed E-state index contributed by atoms with van der Waals surface area (Å²) in [7, 11) is 0. The summed E-state index contributed by atoms with van der Waals surface area (Å²) < 4.78 is 12.3. The Morgan fingerprint density at radius 3 is 2.24 bits per heavy atom. The van der Waals surface area contributed by atoms with E-state index in [1.54, 1.807) is 0 Å². The molecular formula is C17H11BrN4O2S. The molecule has 2 aromatic carbocycles. The van der Waals surface area contributed by atoms with E-state index in [9.17, 15) is 0 Å². The van der Waals surface area contributed by atoms with Gasteiger partial charge in [-0.2, -0.15) is 0 Å². The molecule has 0 spiro atoms. The number of aromatic nitrogens is 4. The van der Waals surface area contributed by atoms with Crippen molar-refractivity contribution in [2.45, 2.75) is 11.0 Å². The zero-order valence-corrected chi connectivity index (χ0v) is 15.2. The van der Waals surface area contributed by atoms with Crippen molar-refractivity contribution in [3.63, 3.8) is 0 Å². The average Bonchev–Trinajstić information content (AvgIpc) is 3.31. The van der Waals surface area contributed by atoms with Crippen molar-refractivity contribution in [1.29, 1.82) is 0 Å². The summed E-state index contributed by atoms with van der Waals surface area (Å²) in [5.74, 6) is 1.94.